The number of para-hydroxylation sites is 1. The number of hydrogen-bond donors (Lipinski definition) is 1. The van der Waals surface area contributed by atoms with E-state index >= 15 is 0 Å². The average molecular weight is 286 g/mol. The molecule has 21 heavy (non-hydrogen) atoms. The van der Waals surface area contributed by atoms with Crippen molar-refractivity contribution in [3.63, 3.8) is 0 Å². The van der Waals surface area contributed by atoms with Crippen molar-refractivity contribution in [2.45, 2.75) is 18.8 Å². The van der Waals surface area contributed by atoms with E-state index in [9.17, 15) is 4.79 Å². The molecule has 1 atom stereocenters. The molecule has 112 valence electrons. The van der Waals surface area contributed by atoms with Gasteiger partial charge in [0.05, 0.1) is 6.61 Å². The van der Waals surface area contributed by atoms with Gasteiger partial charge < -0.3 is 15.0 Å². The summed E-state index contributed by atoms with van der Waals surface area (Å²) in [5, 5.41) is 3.38. The largest absolute Gasteiger partial charge is 0.384 e. The molecule has 0 fully saturated rings. The highest BCUT2D eigenvalue weighted by Crippen LogP contribution is 2.33. The molecule has 0 bridgehead atoms. The molecule has 1 aromatic carbocycles. The molecule has 1 aromatic rings. The van der Waals surface area contributed by atoms with Crippen LogP contribution in [0.1, 0.15) is 24.3 Å². The Kier molecular flexibility index (Phi) is 4.25. The van der Waals surface area contributed by atoms with E-state index in [0.717, 1.165) is 26.1 Å². The number of carbonyl (C=O) groups is 1. The van der Waals surface area contributed by atoms with Gasteiger partial charge in [-0.2, -0.15) is 0 Å². The number of amides is 1. The predicted octanol–water partition coefficient (Wildman–Crippen LogP) is 2.39. The molecule has 1 amide bonds. The maximum Gasteiger partial charge on any atom is 0.223 e. The molecule has 0 saturated carbocycles. The second-order valence-electron chi connectivity index (χ2n) is 5.75. The lowest BCUT2D eigenvalue weighted by Crippen LogP contribution is -2.36. The summed E-state index contributed by atoms with van der Waals surface area (Å²) in [6.07, 6.45) is 3.66. The SMILES string of the molecule is COCC1=CCN(C(=O)CC2CNc3ccccc32)CC1. The first-order valence-electron chi connectivity index (χ1n) is 7.55. The van der Waals surface area contributed by atoms with Crippen molar-refractivity contribution in [1.82, 2.24) is 4.90 Å². The first kappa shape index (κ1) is 14.1. The second-order valence-corrected chi connectivity index (χ2v) is 5.75. The summed E-state index contributed by atoms with van der Waals surface area (Å²) in [6.45, 7) is 3.08. The zero-order valence-corrected chi connectivity index (χ0v) is 12.5. The maximum absolute atomic E-state index is 12.5. The summed E-state index contributed by atoms with van der Waals surface area (Å²) < 4.78 is 5.14. The lowest BCUT2D eigenvalue weighted by atomic mass is 9.97. The molecule has 2 heterocycles. The monoisotopic (exact) mass is 286 g/mol. The number of hydrogen-bond acceptors (Lipinski definition) is 3. The standard InChI is InChI=1S/C17H22N2O2/c1-21-12-13-6-8-19(9-7-13)17(20)10-14-11-18-16-5-3-2-4-15(14)16/h2-6,14,18H,7-12H2,1H3. The number of nitrogens with zero attached hydrogens (tertiary/aromatic N) is 1. The molecule has 0 radical (unpaired) electrons. The van der Waals surface area contributed by atoms with Crippen LogP contribution in [0, 0.1) is 0 Å². The Balaban J connectivity index is 1.59. The average Bonchev–Trinajstić information content (AvgIpc) is 2.92. The molecular formula is C17H22N2O2. The summed E-state index contributed by atoms with van der Waals surface area (Å²) in [4.78, 5) is 14.4. The number of benzene rings is 1. The van der Waals surface area contributed by atoms with Crippen molar-refractivity contribution >= 4 is 11.6 Å². The van der Waals surface area contributed by atoms with Crippen molar-refractivity contribution in [2.75, 3.05) is 38.7 Å². The number of anilines is 1. The van der Waals surface area contributed by atoms with Gasteiger partial charge in [0.2, 0.25) is 5.91 Å². The summed E-state index contributed by atoms with van der Waals surface area (Å²) in [5.74, 6) is 0.560. The third kappa shape index (κ3) is 3.10. The van der Waals surface area contributed by atoms with Gasteiger partial charge in [-0.1, -0.05) is 24.3 Å². The quantitative estimate of drug-likeness (QED) is 0.864. The van der Waals surface area contributed by atoms with Crippen LogP contribution in [0.4, 0.5) is 5.69 Å². The Morgan fingerprint density at radius 2 is 2.29 bits per heavy atom. The van der Waals surface area contributed by atoms with E-state index in [1.807, 2.05) is 17.0 Å². The van der Waals surface area contributed by atoms with Crippen molar-refractivity contribution in [3.05, 3.63) is 41.5 Å². The van der Waals surface area contributed by atoms with E-state index in [-0.39, 0.29) is 5.91 Å². The van der Waals surface area contributed by atoms with Gasteiger partial charge in [-0.15, -0.1) is 0 Å². The lowest BCUT2D eigenvalue weighted by molar-refractivity contribution is -0.131. The maximum atomic E-state index is 12.5. The summed E-state index contributed by atoms with van der Waals surface area (Å²) >= 11 is 0. The van der Waals surface area contributed by atoms with Crippen LogP contribution in [0.2, 0.25) is 0 Å². The van der Waals surface area contributed by atoms with Gasteiger partial charge in [-0.05, 0) is 23.6 Å². The molecule has 0 aliphatic carbocycles. The Morgan fingerprint density at radius 3 is 3.05 bits per heavy atom. The Labute approximate surface area is 125 Å². The smallest absolute Gasteiger partial charge is 0.223 e. The molecule has 0 saturated heterocycles. The third-order valence-corrected chi connectivity index (χ3v) is 4.35. The van der Waals surface area contributed by atoms with Crippen LogP contribution in [0.5, 0.6) is 0 Å². The molecule has 1 N–H and O–H groups in total. The Hall–Kier alpha value is -1.81. The van der Waals surface area contributed by atoms with Gasteiger partial charge in [0.25, 0.3) is 0 Å². The number of nitrogens with one attached hydrogen (secondary N) is 1. The van der Waals surface area contributed by atoms with Gasteiger partial charge in [0.15, 0.2) is 0 Å². The van der Waals surface area contributed by atoms with Crippen LogP contribution < -0.4 is 5.32 Å². The minimum atomic E-state index is 0.256. The van der Waals surface area contributed by atoms with Crippen molar-refractivity contribution in [2.24, 2.45) is 0 Å². The topological polar surface area (TPSA) is 41.6 Å². The second kappa shape index (κ2) is 6.31. The molecule has 1 unspecified atom stereocenters. The van der Waals surface area contributed by atoms with Crippen molar-refractivity contribution in [1.29, 1.82) is 0 Å². The zero-order valence-electron chi connectivity index (χ0n) is 12.5. The zero-order chi connectivity index (χ0) is 14.7. The van der Waals surface area contributed by atoms with E-state index < -0.39 is 0 Å². The number of fused-ring (bicyclic) bond motifs is 1. The first-order chi connectivity index (χ1) is 10.3. The molecule has 0 aromatic heterocycles. The fraction of sp³-hybridized carbons (Fsp3) is 0.471. The van der Waals surface area contributed by atoms with Gasteiger partial charge in [-0.25, -0.2) is 0 Å². The summed E-state index contributed by atoms with van der Waals surface area (Å²) in [5.41, 5.74) is 3.75. The number of rotatable bonds is 4. The predicted molar refractivity (Wildman–Crippen MR) is 83.4 cm³/mol. The molecular weight excluding hydrogens is 264 g/mol. The number of methoxy groups -OCH3 is 1. The summed E-state index contributed by atoms with van der Waals surface area (Å²) in [7, 11) is 1.71. The fourth-order valence-electron chi connectivity index (χ4n) is 3.13. The van der Waals surface area contributed by atoms with Gasteiger partial charge in [-0.3, -0.25) is 4.79 Å². The first-order valence-corrected chi connectivity index (χ1v) is 7.55. The van der Waals surface area contributed by atoms with Crippen LogP contribution in [0.25, 0.3) is 0 Å². The highest BCUT2D eigenvalue weighted by atomic mass is 16.5. The normalized spacial score (nSPS) is 20.7. The van der Waals surface area contributed by atoms with Crippen molar-refractivity contribution in [3.8, 4) is 0 Å². The van der Waals surface area contributed by atoms with Crippen molar-refractivity contribution < 1.29 is 9.53 Å². The van der Waals surface area contributed by atoms with E-state index in [1.54, 1.807) is 7.11 Å². The number of carbonyl (C=O) groups excluding carboxylic acids is 1. The molecule has 3 rings (SSSR count). The highest BCUT2D eigenvalue weighted by molar-refractivity contribution is 5.78. The Morgan fingerprint density at radius 1 is 1.43 bits per heavy atom. The third-order valence-electron chi connectivity index (χ3n) is 4.35. The lowest BCUT2D eigenvalue weighted by Gasteiger charge is -2.27. The number of ether oxygens (including phenoxy) is 1. The van der Waals surface area contributed by atoms with E-state index in [4.69, 9.17) is 4.74 Å². The van der Waals surface area contributed by atoms with Crippen LogP contribution in [0.3, 0.4) is 0 Å². The molecule has 4 nitrogen and oxygen atoms in total. The minimum Gasteiger partial charge on any atom is -0.384 e. The highest BCUT2D eigenvalue weighted by Gasteiger charge is 2.26. The molecule has 2 aliphatic rings. The van der Waals surface area contributed by atoms with Gasteiger partial charge in [0.1, 0.15) is 0 Å². The van der Waals surface area contributed by atoms with Crippen LogP contribution >= 0.6 is 0 Å². The van der Waals surface area contributed by atoms with E-state index in [0.29, 0.717) is 18.9 Å². The Bertz CT molecular complexity index is 553. The molecule has 4 heteroatoms. The fourth-order valence-corrected chi connectivity index (χ4v) is 3.13. The van der Waals surface area contributed by atoms with Crippen LogP contribution in [-0.4, -0.2) is 44.2 Å². The molecule has 0 spiro atoms. The van der Waals surface area contributed by atoms with Crippen LogP contribution in [-0.2, 0) is 9.53 Å². The van der Waals surface area contributed by atoms with Gasteiger partial charge in [0, 0.05) is 44.8 Å². The van der Waals surface area contributed by atoms with E-state index in [2.05, 4.69) is 23.5 Å². The van der Waals surface area contributed by atoms with E-state index in [1.165, 1.54) is 16.8 Å². The van der Waals surface area contributed by atoms with Gasteiger partial charge >= 0.3 is 0 Å². The summed E-state index contributed by atoms with van der Waals surface area (Å²) in [6, 6.07) is 8.29. The minimum absolute atomic E-state index is 0.256. The van der Waals surface area contributed by atoms with Crippen LogP contribution in [0.15, 0.2) is 35.9 Å². The molecule has 2 aliphatic heterocycles.